The zero-order chi connectivity index (χ0) is 28.4. The summed E-state index contributed by atoms with van der Waals surface area (Å²) in [7, 11) is 0. The molecule has 4 aromatic carbocycles. The molecule has 0 unspecified atom stereocenters. The van der Waals surface area contributed by atoms with E-state index in [4.69, 9.17) is 0 Å². The van der Waals surface area contributed by atoms with E-state index in [1.54, 1.807) is 17.0 Å². The van der Waals surface area contributed by atoms with Gasteiger partial charge in [-0.1, -0.05) is 98.1 Å². The van der Waals surface area contributed by atoms with Crippen molar-refractivity contribution in [1.29, 1.82) is 0 Å². The number of nitrogens with zero attached hydrogens (tertiary/aromatic N) is 2. The Morgan fingerprint density at radius 3 is 1.88 bits per heavy atom. The van der Waals surface area contributed by atoms with Gasteiger partial charge in [-0.05, 0) is 52.8 Å². The van der Waals surface area contributed by atoms with Crippen LogP contribution in [0, 0.1) is 10.1 Å². The summed E-state index contributed by atoms with van der Waals surface area (Å²) in [5.74, 6) is 0. The lowest BCUT2D eigenvalue weighted by atomic mass is 9.95. The maximum atomic E-state index is 13.3. The van der Waals surface area contributed by atoms with Crippen molar-refractivity contribution in [1.82, 2.24) is 10.2 Å². The molecular weight excluding hydrogens is 512 g/mol. The van der Waals surface area contributed by atoms with Crippen LogP contribution in [0.3, 0.4) is 0 Å². The van der Waals surface area contributed by atoms with Gasteiger partial charge in [-0.3, -0.25) is 10.1 Å². The molecule has 0 radical (unpaired) electrons. The molecule has 7 heteroatoms. The zero-order valence-corrected chi connectivity index (χ0v) is 23.2. The van der Waals surface area contributed by atoms with Crippen molar-refractivity contribution in [2.75, 3.05) is 5.32 Å². The van der Waals surface area contributed by atoms with Crippen molar-refractivity contribution in [3.8, 4) is 11.1 Å². The summed E-state index contributed by atoms with van der Waals surface area (Å²) >= 11 is 0. The first-order valence-electron chi connectivity index (χ1n) is 14.3. The van der Waals surface area contributed by atoms with Gasteiger partial charge < -0.3 is 15.5 Å². The average Bonchev–Trinajstić information content (AvgIpc) is 3.01. The van der Waals surface area contributed by atoms with Crippen LogP contribution in [0.25, 0.3) is 11.1 Å². The number of hydrogen-bond acceptors (Lipinski definition) is 4. The number of hydrogen-bond donors (Lipinski definition) is 2. The molecule has 1 saturated carbocycles. The quantitative estimate of drug-likeness (QED) is 0.156. The van der Waals surface area contributed by atoms with Crippen molar-refractivity contribution in [3.05, 3.63) is 130 Å². The molecule has 0 aromatic heterocycles. The van der Waals surface area contributed by atoms with Gasteiger partial charge in [-0.2, -0.15) is 0 Å². The summed E-state index contributed by atoms with van der Waals surface area (Å²) in [4.78, 5) is 25.5. The highest BCUT2D eigenvalue weighted by Gasteiger charge is 2.16. The summed E-state index contributed by atoms with van der Waals surface area (Å²) in [6.45, 7) is 1.75. The molecule has 0 saturated heterocycles. The first kappa shape index (κ1) is 28.1. The predicted molar refractivity (Wildman–Crippen MR) is 163 cm³/mol. The Kier molecular flexibility index (Phi) is 9.39. The summed E-state index contributed by atoms with van der Waals surface area (Å²) in [5.41, 5.74) is 6.10. The average molecular weight is 549 g/mol. The lowest BCUT2D eigenvalue weighted by Crippen LogP contribution is -2.34. The summed E-state index contributed by atoms with van der Waals surface area (Å²) in [5, 5.41) is 17.6. The molecule has 0 atom stereocenters. The highest BCUT2D eigenvalue weighted by Crippen LogP contribution is 2.23. The maximum Gasteiger partial charge on any atom is 0.322 e. The molecule has 0 bridgehead atoms. The molecule has 2 amide bonds. The molecule has 1 aliphatic carbocycles. The fourth-order valence-corrected chi connectivity index (χ4v) is 5.28. The van der Waals surface area contributed by atoms with Gasteiger partial charge in [-0.15, -0.1) is 0 Å². The number of carbonyl (C=O) groups is 1. The van der Waals surface area contributed by atoms with Gasteiger partial charge in [0, 0.05) is 43.5 Å². The second-order valence-electron chi connectivity index (χ2n) is 10.7. The number of non-ortho nitro benzene ring substituents is 1. The number of amides is 2. The van der Waals surface area contributed by atoms with Crippen LogP contribution in [0.5, 0.6) is 0 Å². The SMILES string of the molecule is O=C(Nc1ccc([N+](=O)[O-])cc1)N(Cc1ccccc1)Cc1ccc(-c2ccc(CNC3CCCCC3)cc2)cc1. The van der Waals surface area contributed by atoms with E-state index in [9.17, 15) is 14.9 Å². The summed E-state index contributed by atoms with van der Waals surface area (Å²) in [6, 6.07) is 33.1. The Bertz CT molecular complexity index is 1420. The minimum atomic E-state index is -0.458. The third kappa shape index (κ3) is 8.02. The molecule has 5 rings (SSSR count). The Hall–Kier alpha value is -4.49. The van der Waals surface area contributed by atoms with Crippen molar-refractivity contribution < 1.29 is 9.72 Å². The number of benzene rings is 4. The molecular formula is C34H36N4O3. The normalized spacial score (nSPS) is 13.5. The van der Waals surface area contributed by atoms with Crippen LogP contribution in [0.4, 0.5) is 16.2 Å². The molecule has 7 nitrogen and oxygen atoms in total. The van der Waals surface area contributed by atoms with Crippen LogP contribution < -0.4 is 10.6 Å². The number of nitro groups is 1. The molecule has 1 aliphatic rings. The molecule has 210 valence electrons. The fourth-order valence-electron chi connectivity index (χ4n) is 5.28. The lowest BCUT2D eigenvalue weighted by Gasteiger charge is -2.24. The van der Waals surface area contributed by atoms with Gasteiger partial charge in [0.1, 0.15) is 0 Å². The maximum absolute atomic E-state index is 13.3. The smallest absolute Gasteiger partial charge is 0.316 e. The van der Waals surface area contributed by atoms with Crippen molar-refractivity contribution in [3.63, 3.8) is 0 Å². The van der Waals surface area contributed by atoms with Gasteiger partial charge in [0.25, 0.3) is 5.69 Å². The van der Waals surface area contributed by atoms with Crippen molar-refractivity contribution in [2.24, 2.45) is 0 Å². The number of rotatable bonds is 10. The number of urea groups is 1. The highest BCUT2D eigenvalue weighted by molar-refractivity contribution is 5.89. The second kappa shape index (κ2) is 13.7. The number of carbonyl (C=O) groups excluding carboxylic acids is 1. The number of nitro benzene ring substituents is 1. The van der Waals surface area contributed by atoms with Crippen LogP contribution in [-0.2, 0) is 19.6 Å². The molecule has 0 aliphatic heterocycles. The Labute approximate surface area is 241 Å². The van der Waals surface area contributed by atoms with Gasteiger partial charge in [0.15, 0.2) is 0 Å². The topological polar surface area (TPSA) is 87.5 Å². The van der Waals surface area contributed by atoms with Gasteiger partial charge in [-0.25, -0.2) is 4.79 Å². The van der Waals surface area contributed by atoms with E-state index in [1.807, 2.05) is 30.3 Å². The van der Waals surface area contributed by atoms with Crippen LogP contribution in [0.15, 0.2) is 103 Å². The largest absolute Gasteiger partial charge is 0.322 e. The number of anilines is 1. The Balaban J connectivity index is 1.23. The highest BCUT2D eigenvalue weighted by atomic mass is 16.6. The summed E-state index contributed by atoms with van der Waals surface area (Å²) in [6.07, 6.45) is 6.60. The molecule has 0 spiro atoms. The molecule has 2 N–H and O–H groups in total. The van der Waals surface area contributed by atoms with E-state index in [0.717, 1.165) is 28.8 Å². The van der Waals surface area contributed by atoms with E-state index in [1.165, 1.54) is 49.8 Å². The second-order valence-corrected chi connectivity index (χ2v) is 10.7. The predicted octanol–water partition coefficient (Wildman–Crippen LogP) is 7.92. The van der Waals surface area contributed by atoms with E-state index in [2.05, 4.69) is 59.2 Å². The third-order valence-electron chi connectivity index (χ3n) is 7.65. The first-order valence-corrected chi connectivity index (χ1v) is 14.3. The molecule has 41 heavy (non-hydrogen) atoms. The Morgan fingerprint density at radius 2 is 1.29 bits per heavy atom. The first-order chi connectivity index (χ1) is 20.0. The van der Waals surface area contributed by atoms with E-state index in [0.29, 0.717) is 24.8 Å². The van der Waals surface area contributed by atoms with E-state index >= 15 is 0 Å². The van der Waals surface area contributed by atoms with Crippen LogP contribution >= 0.6 is 0 Å². The lowest BCUT2D eigenvalue weighted by molar-refractivity contribution is -0.384. The van der Waals surface area contributed by atoms with Gasteiger partial charge in [0.2, 0.25) is 0 Å². The standard InChI is InChI=1S/C34H36N4O3/c39-34(36-32-19-21-33(22-20-32)38(40)41)37(24-27-7-3-1-4-8-27)25-28-13-17-30(18-14-28)29-15-11-26(12-16-29)23-35-31-9-5-2-6-10-31/h1,3-4,7-8,11-22,31,35H,2,5-6,9-10,23-25H2,(H,36,39). The van der Waals surface area contributed by atoms with E-state index < -0.39 is 4.92 Å². The van der Waals surface area contributed by atoms with Crippen LogP contribution in [0.1, 0.15) is 48.8 Å². The molecule has 0 heterocycles. The van der Waals surface area contributed by atoms with E-state index in [-0.39, 0.29) is 11.7 Å². The van der Waals surface area contributed by atoms with Crippen molar-refractivity contribution in [2.45, 2.75) is 57.8 Å². The van der Waals surface area contributed by atoms with Crippen LogP contribution in [0.2, 0.25) is 0 Å². The van der Waals surface area contributed by atoms with Crippen LogP contribution in [-0.4, -0.2) is 21.9 Å². The zero-order valence-electron chi connectivity index (χ0n) is 23.2. The fraction of sp³-hybridized carbons (Fsp3) is 0.265. The van der Waals surface area contributed by atoms with Crippen molar-refractivity contribution >= 4 is 17.4 Å². The molecule has 1 fully saturated rings. The monoisotopic (exact) mass is 548 g/mol. The minimum absolute atomic E-state index is 0.0185. The Morgan fingerprint density at radius 1 is 0.732 bits per heavy atom. The third-order valence-corrected chi connectivity index (χ3v) is 7.65. The molecule has 4 aromatic rings. The number of nitrogens with one attached hydrogen (secondary N) is 2. The van der Waals surface area contributed by atoms with Gasteiger partial charge in [0.05, 0.1) is 4.92 Å². The summed E-state index contributed by atoms with van der Waals surface area (Å²) < 4.78 is 0. The van der Waals surface area contributed by atoms with Gasteiger partial charge >= 0.3 is 6.03 Å². The minimum Gasteiger partial charge on any atom is -0.316 e.